The Bertz CT molecular complexity index is 1150. The van der Waals surface area contributed by atoms with E-state index in [4.69, 9.17) is 9.47 Å². The molecule has 0 amide bonds. The molecule has 4 rings (SSSR count). The van der Waals surface area contributed by atoms with Gasteiger partial charge in [-0.25, -0.2) is 4.98 Å². The van der Waals surface area contributed by atoms with Gasteiger partial charge in [0.05, 0.1) is 13.7 Å². The van der Waals surface area contributed by atoms with E-state index in [1.54, 1.807) is 7.11 Å². The number of hydrogen-bond donors (Lipinski definition) is 1. The lowest BCUT2D eigenvalue weighted by Gasteiger charge is -2.18. The Hall–Kier alpha value is -3.37. The summed E-state index contributed by atoms with van der Waals surface area (Å²) in [6.07, 6.45) is 1.83. The van der Waals surface area contributed by atoms with Crippen molar-refractivity contribution in [1.29, 1.82) is 0 Å². The van der Waals surface area contributed by atoms with Crippen molar-refractivity contribution in [2.45, 2.75) is 26.4 Å². The Morgan fingerprint density at radius 1 is 0.968 bits per heavy atom. The number of nitrogens with zero attached hydrogens (tertiary/aromatic N) is 1. The predicted molar refractivity (Wildman–Crippen MR) is 127 cm³/mol. The van der Waals surface area contributed by atoms with Crippen LogP contribution in [-0.4, -0.2) is 18.7 Å². The molecule has 0 fully saturated rings. The van der Waals surface area contributed by atoms with E-state index in [2.05, 4.69) is 71.8 Å². The van der Waals surface area contributed by atoms with Gasteiger partial charge in [0.15, 0.2) is 0 Å². The number of methoxy groups -OCH3 is 1. The lowest BCUT2D eigenvalue weighted by Crippen LogP contribution is -2.18. The van der Waals surface area contributed by atoms with Gasteiger partial charge in [-0.2, -0.15) is 0 Å². The minimum absolute atomic E-state index is 0.226. The van der Waals surface area contributed by atoms with Gasteiger partial charge in [-0.15, -0.1) is 0 Å². The van der Waals surface area contributed by atoms with Gasteiger partial charge in [0.2, 0.25) is 5.88 Å². The van der Waals surface area contributed by atoms with Crippen LogP contribution in [-0.2, 0) is 6.54 Å². The fraction of sp³-hybridized carbons (Fsp3) is 0.222. The number of rotatable bonds is 8. The van der Waals surface area contributed by atoms with Crippen molar-refractivity contribution in [3.63, 3.8) is 0 Å². The summed E-state index contributed by atoms with van der Waals surface area (Å²) in [7, 11) is 1.70. The van der Waals surface area contributed by atoms with Gasteiger partial charge in [-0.3, -0.25) is 0 Å². The number of nitrogens with one attached hydrogen (secondary N) is 1. The van der Waals surface area contributed by atoms with Crippen LogP contribution in [0.15, 0.2) is 79.0 Å². The van der Waals surface area contributed by atoms with Crippen LogP contribution in [0.5, 0.6) is 11.6 Å². The Balaban J connectivity index is 1.54. The highest BCUT2D eigenvalue weighted by atomic mass is 16.5. The number of hydrogen-bond acceptors (Lipinski definition) is 4. The molecule has 4 heteroatoms. The van der Waals surface area contributed by atoms with Gasteiger partial charge >= 0.3 is 0 Å². The molecule has 31 heavy (non-hydrogen) atoms. The van der Waals surface area contributed by atoms with Crippen LogP contribution in [0.4, 0.5) is 0 Å². The number of fused-ring (bicyclic) bond motifs is 1. The molecule has 0 saturated carbocycles. The van der Waals surface area contributed by atoms with Crippen LogP contribution < -0.4 is 14.8 Å². The van der Waals surface area contributed by atoms with E-state index in [1.165, 1.54) is 21.9 Å². The van der Waals surface area contributed by atoms with Crippen molar-refractivity contribution in [2.24, 2.45) is 0 Å². The van der Waals surface area contributed by atoms with Crippen molar-refractivity contribution in [3.8, 4) is 22.8 Å². The van der Waals surface area contributed by atoms with Gasteiger partial charge in [0.25, 0.3) is 0 Å². The van der Waals surface area contributed by atoms with Gasteiger partial charge in [-0.1, -0.05) is 48.5 Å². The maximum atomic E-state index is 5.60. The van der Waals surface area contributed by atoms with Crippen LogP contribution in [0.1, 0.15) is 31.0 Å². The summed E-state index contributed by atoms with van der Waals surface area (Å²) in [6, 6.07) is 25.4. The largest absolute Gasteiger partial charge is 0.496 e. The second-order valence-corrected chi connectivity index (χ2v) is 7.52. The Kier molecular flexibility index (Phi) is 6.48. The van der Waals surface area contributed by atoms with E-state index in [-0.39, 0.29) is 6.04 Å². The topological polar surface area (TPSA) is 43.4 Å². The van der Waals surface area contributed by atoms with Crippen LogP contribution in [0.25, 0.3) is 21.9 Å². The summed E-state index contributed by atoms with van der Waals surface area (Å²) in [5.41, 5.74) is 4.53. The monoisotopic (exact) mass is 412 g/mol. The first-order valence-electron chi connectivity index (χ1n) is 10.7. The molecule has 0 spiro atoms. The van der Waals surface area contributed by atoms with Crippen molar-refractivity contribution in [1.82, 2.24) is 10.3 Å². The number of aromatic nitrogens is 1. The van der Waals surface area contributed by atoms with Crippen molar-refractivity contribution >= 4 is 10.8 Å². The molecule has 0 bridgehead atoms. The van der Waals surface area contributed by atoms with E-state index in [0.717, 1.165) is 23.4 Å². The third kappa shape index (κ3) is 4.70. The maximum absolute atomic E-state index is 5.60. The van der Waals surface area contributed by atoms with E-state index >= 15 is 0 Å². The highest BCUT2D eigenvalue weighted by Gasteiger charge is 2.11. The lowest BCUT2D eigenvalue weighted by molar-refractivity contribution is 0.327. The molecule has 1 atom stereocenters. The first-order valence-corrected chi connectivity index (χ1v) is 10.7. The molecule has 4 aromatic rings. The molecule has 1 N–H and O–H groups in total. The molecule has 0 saturated heterocycles. The molecule has 158 valence electrons. The first-order chi connectivity index (χ1) is 15.2. The molecule has 0 aliphatic carbocycles. The second kappa shape index (κ2) is 9.63. The molecule has 1 aromatic heterocycles. The fourth-order valence-electron chi connectivity index (χ4n) is 3.87. The molecule has 1 unspecified atom stereocenters. The van der Waals surface area contributed by atoms with E-state index in [9.17, 15) is 0 Å². The molecule has 0 radical (unpaired) electrons. The highest BCUT2D eigenvalue weighted by Crippen LogP contribution is 2.32. The van der Waals surface area contributed by atoms with E-state index in [0.29, 0.717) is 12.5 Å². The van der Waals surface area contributed by atoms with E-state index in [1.807, 2.05) is 31.3 Å². The quantitative estimate of drug-likeness (QED) is 0.376. The highest BCUT2D eigenvalue weighted by molar-refractivity contribution is 5.86. The lowest BCUT2D eigenvalue weighted by atomic mass is 9.99. The normalized spacial score (nSPS) is 12.0. The summed E-state index contributed by atoms with van der Waals surface area (Å²) in [5.74, 6) is 1.46. The summed E-state index contributed by atoms with van der Waals surface area (Å²) < 4.78 is 11.1. The third-order valence-electron chi connectivity index (χ3n) is 5.51. The zero-order valence-electron chi connectivity index (χ0n) is 18.3. The van der Waals surface area contributed by atoms with Crippen molar-refractivity contribution in [3.05, 3.63) is 90.1 Å². The van der Waals surface area contributed by atoms with Crippen LogP contribution in [0, 0.1) is 0 Å². The number of ether oxygens (including phenoxy) is 2. The molecule has 3 aromatic carbocycles. The summed E-state index contributed by atoms with van der Waals surface area (Å²) in [4.78, 5) is 4.40. The first kappa shape index (κ1) is 20.9. The smallest absolute Gasteiger partial charge is 0.213 e. The summed E-state index contributed by atoms with van der Waals surface area (Å²) in [6.45, 7) is 5.52. The zero-order chi connectivity index (χ0) is 21.6. The van der Waals surface area contributed by atoms with Crippen LogP contribution in [0.3, 0.4) is 0 Å². The van der Waals surface area contributed by atoms with Gasteiger partial charge in [0, 0.05) is 36.0 Å². The molecule has 1 heterocycles. The van der Waals surface area contributed by atoms with E-state index < -0.39 is 0 Å². The van der Waals surface area contributed by atoms with Crippen molar-refractivity contribution < 1.29 is 9.47 Å². The maximum Gasteiger partial charge on any atom is 0.213 e. The fourth-order valence-corrected chi connectivity index (χ4v) is 3.87. The molecular formula is C27H28N2O2. The number of benzene rings is 3. The third-order valence-corrected chi connectivity index (χ3v) is 5.51. The SMILES string of the molecule is CCOc1ccc(-c2cc(CNC(C)c3cccc4ccccc34)ccc2OC)cn1. The zero-order valence-corrected chi connectivity index (χ0v) is 18.3. The molecule has 0 aliphatic rings. The minimum Gasteiger partial charge on any atom is -0.496 e. The molecular weight excluding hydrogens is 384 g/mol. The average molecular weight is 413 g/mol. The second-order valence-electron chi connectivity index (χ2n) is 7.52. The van der Waals surface area contributed by atoms with Gasteiger partial charge in [-0.05, 0) is 53.9 Å². The standard InChI is InChI=1S/C27H28N2O2/c1-4-31-27-15-13-22(18-29-27)25-16-20(12-14-26(25)30-3)17-28-19(2)23-11-7-9-21-8-5-6-10-24(21)23/h5-16,18-19,28H,4,17H2,1-3H3. The predicted octanol–water partition coefficient (Wildman–Crippen LogP) is 6.16. The molecule has 0 aliphatic heterocycles. The number of pyridine rings is 1. The van der Waals surface area contributed by atoms with Crippen LogP contribution >= 0.6 is 0 Å². The minimum atomic E-state index is 0.226. The summed E-state index contributed by atoms with van der Waals surface area (Å²) >= 11 is 0. The Morgan fingerprint density at radius 2 is 1.81 bits per heavy atom. The summed E-state index contributed by atoms with van der Waals surface area (Å²) in [5, 5.41) is 6.23. The van der Waals surface area contributed by atoms with Crippen molar-refractivity contribution in [2.75, 3.05) is 13.7 Å². The Labute approximate surface area is 183 Å². The van der Waals surface area contributed by atoms with Crippen LogP contribution in [0.2, 0.25) is 0 Å². The average Bonchev–Trinajstić information content (AvgIpc) is 2.82. The van der Waals surface area contributed by atoms with Gasteiger partial charge < -0.3 is 14.8 Å². The Morgan fingerprint density at radius 3 is 2.58 bits per heavy atom. The molecule has 4 nitrogen and oxygen atoms in total. The van der Waals surface area contributed by atoms with Gasteiger partial charge in [0.1, 0.15) is 5.75 Å².